The first-order valence-corrected chi connectivity index (χ1v) is 9.21. The number of benzene rings is 2. The van der Waals surface area contributed by atoms with Gasteiger partial charge >= 0.3 is 5.97 Å². The SMILES string of the molecule is CC(=O)CSc1ccccc1C(=O)OCC(=O)NCc1ccc(Cl)cc1. The molecule has 1 amide bonds. The molecule has 0 saturated heterocycles. The number of thioether (sulfide) groups is 1. The number of amides is 1. The van der Waals surface area contributed by atoms with E-state index in [9.17, 15) is 14.4 Å². The van der Waals surface area contributed by atoms with Gasteiger partial charge in [-0.2, -0.15) is 0 Å². The smallest absolute Gasteiger partial charge is 0.339 e. The molecular weight excluding hydrogens is 374 g/mol. The number of carbonyl (C=O) groups is 3. The van der Waals surface area contributed by atoms with Crippen LogP contribution in [0.1, 0.15) is 22.8 Å². The molecule has 0 fully saturated rings. The molecule has 2 aromatic rings. The van der Waals surface area contributed by atoms with E-state index < -0.39 is 11.9 Å². The lowest BCUT2D eigenvalue weighted by Gasteiger charge is -2.09. The Kier molecular flexibility index (Phi) is 7.69. The van der Waals surface area contributed by atoms with E-state index in [1.807, 2.05) is 0 Å². The molecule has 0 radical (unpaired) electrons. The van der Waals surface area contributed by atoms with E-state index in [0.717, 1.165) is 5.56 Å². The Morgan fingerprint density at radius 3 is 2.46 bits per heavy atom. The lowest BCUT2D eigenvalue weighted by Crippen LogP contribution is -2.28. The lowest BCUT2D eigenvalue weighted by molar-refractivity contribution is -0.124. The Labute approximate surface area is 161 Å². The quantitative estimate of drug-likeness (QED) is 0.550. The maximum absolute atomic E-state index is 12.2. The van der Waals surface area contributed by atoms with E-state index in [1.54, 1.807) is 48.5 Å². The minimum atomic E-state index is -0.599. The topological polar surface area (TPSA) is 72.5 Å². The van der Waals surface area contributed by atoms with Crippen molar-refractivity contribution in [3.63, 3.8) is 0 Å². The predicted octanol–water partition coefficient (Wildman–Crippen LogP) is 3.49. The van der Waals surface area contributed by atoms with Gasteiger partial charge < -0.3 is 10.1 Å². The Morgan fingerprint density at radius 1 is 1.08 bits per heavy atom. The average molecular weight is 392 g/mol. The minimum absolute atomic E-state index is 0.0137. The molecule has 2 rings (SSSR count). The summed E-state index contributed by atoms with van der Waals surface area (Å²) in [6.45, 7) is 1.43. The number of ketones is 1. The van der Waals surface area contributed by atoms with Crippen LogP contribution in [0.3, 0.4) is 0 Å². The number of carbonyl (C=O) groups excluding carboxylic acids is 3. The van der Waals surface area contributed by atoms with Crippen LogP contribution in [0.15, 0.2) is 53.4 Å². The molecule has 0 atom stereocenters. The number of hydrogen-bond donors (Lipinski definition) is 1. The van der Waals surface area contributed by atoms with Crippen molar-refractivity contribution in [2.45, 2.75) is 18.4 Å². The average Bonchev–Trinajstić information content (AvgIpc) is 2.64. The summed E-state index contributed by atoms with van der Waals surface area (Å²) < 4.78 is 5.07. The molecule has 0 aliphatic rings. The molecule has 136 valence electrons. The Bertz CT molecular complexity index is 792. The molecule has 0 heterocycles. The van der Waals surface area contributed by atoms with Gasteiger partial charge in [-0.25, -0.2) is 4.79 Å². The van der Waals surface area contributed by atoms with Gasteiger partial charge in [-0.05, 0) is 36.8 Å². The van der Waals surface area contributed by atoms with Crippen LogP contribution in [0.2, 0.25) is 5.02 Å². The number of ether oxygens (including phenoxy) is 1. The van der Waals surface area contributed by atoms with Gasteiger partial charge in [0.05, 0.1) is 11.3 Å². The largest absolute Gasteiger partial charge is 0.452 e. The highest BCUT2D eigenvalue weighted by molar-refractivity contribution is 8.00. The molecule has 0 saturated carbocycles. The molecule has 0 bridgehead atoms. The van der Waals surface area contributed by atoms with Crippen LogP contribution < -0.4 is 5.32 Å². The summed E-state index contributed by atoms with van der Waals surface area (Å²) in [7, 11) is 0. The maximum Gasteiger partial charge on any atom is 0.339 e. The molecule has 0 unspecified atom stereocenters. The number of nitrogens with one attached hydrogen (secondary N) is 1. The van der Waals surface area contributed by atoms with Crippen molar-refractivity contribution < 1.29 is 19.1 Å². The second kappa shape index (κ2) is 9.99. The van der Waals surface area contributed by atoms with Gasteiger partial charge in [0.1, 0.15) is 5.78 Å². The number of hydrogen-bond acceptors (Lipinski definition) is 5. The molecule has 0 spiro atoms. The zero-order valence-electron chi connectivity index (χ0n) is 14.2. The number of halogens is 1. The van der Waals surface area contributed by atoms with Gasteiger partial charge in [0.25, 0.3) is 5.91 Å². The maximum atomic E-state index is 12.2. The van der Waals surface area contributed by atoms with Crippen LogP contribution in [-0.4, -0.2) is 30.0 Å². The molecule has 7 heteroatoms. The van der Waals surface area contributed by atoms with E-state index >= 15 is 0 Å². The first-order valence-electron chi connectivity index (χ1n) is 7.85. The van der Waals surface area contributed by atoms with E-state index in [1.165, 1.54) is 18.7 Å². The highest BCUT2D eigenvalue weighted by atomic mass is 35.5. The van der Waals surface area contributed by atoms with E-state index in [2.05, 4.69) is 5.32 Å². The van der Waals surface area contributed by atoms with Crippen molar-refractivity contribution >= 4 is 41.0 Å². The summed E-state index contributed by atoms with van der Waals surface area (Å²) in [5.41, 5.74) is 1.23. The second-order valence-corrected chi connectivity index (χ2v) is 6.92. The van der Waals surface area contributed by atoms with Crippen LogP contribution in [0.25, 0.3) is 0 Å². The van der Waals surface area contributed by atoms with E-state index in [4.69, 9.17) is 16.3 Å². The van der Waals surface area contributed by atoms with Gasteiger partial charge in [0.2, 0.25) is 0 Å². The highest BCUT2D eigenvalue weighted by Crippen LogP contribution is 2.23. The first kappa shape index (κ1) is 20.0. The van der Waals surface area contributed by atoms with Crippen LogP contribution in [0.4, 0.5) is 0 Å². The number of rotatable bonds is 8. The fraction of sp³-hybridized carbons (Fsp3) is 0.211. The highest BCUT2D eigenvalue weighted by Gasteiger charge is 2.15. The number of esters is 1. The third-order valence-electron chi connectivity index (χ3n) is 3.28. The van der Waals surface area contributed by atoms with Gasteiger partial charge in [-0.3, -0.25) is 9.59 Å². The summed E-state index contributed by atoms with van der Waals surface area (Å²) in [6, 6.07) is 13.9. The molecule has 26 heavy (non-hydrogen) atoms. The minimum Gasteiger partial charge on any atom is -0.452 e. The molecule has 2 aromatic carbocycles. The summed E-state index contributed by atoms with van der Waals surface area (Å²) >= 11 is 7.07. The molecule has 5 nitrogen and oxygen atoms in total. The van der Waals surface area contributed by atoms with Crippen LogP contribution in [0, 0.1) is 0 Å². The van der Waals surface area contributed by atoms with E-state index in [-0.39, 0.29) is 18.1 Å². The third-order valence-corrected chi connectivity index (χ3v) is 4.75. The lowest BCUT2D eigenvalue weighted by atomic mass is 10.2. The standard InChI is InChI=1S/C19H18ClNO4S/c1-13(22)12-26-17-5-3-2-4-16(17)19(24)25-11-18(23)21-10-14-6-8-15(20)9-7-14/h2-9H,10-12H2,1H3,(H,21,23). The molecule has 0 aliphatic heterocycles. The van der Waals surface area contributed by atoms with Crippen molar-refractivity contribution in [2.24, 2.45) is 0 Å². The summed E-state index contributed by atoms with van der Waals surface area (Å²) in [6.07, 6.45) is 0. The summed E-state index contributed by atoms with van der Waals surface area (Å²) in [4.78, 5) is 35.8. The van der Waals surface area contributed by atoms with Crippen molar-refractivity contribution in [1.29, 1.82) is 0 Å². The van der Waals surface area contributed by atoms with Gasteiger partial charge in [0.15, 0.2) is 6.61 Å². The van der Waals surface area contributed by atoms with Crippen LogP contribution in [-0.2, 0) is 20.9 Å². The summed E-state index contributed by atoms with van der Waals surface area (Å²) in [5, 5.41) is 3.29. The normalized spacial score (nSPS) is 10.2. The third kappa shape index (κ3) is 6.54. The molecule has 1 N–H and O–H groups in total. The van der Waals surface area contributed by atoms with Crippen molar-refractivity contribution in [1.82, 2.24) is 5.32 Å². The fourth-order valence-electron chi connectivity index (χ4n) is 2.00. The zero-order chi connectivity index (χ0) is 18.9. The zero-order valence-corrected chi connectivity index (χ0v) is 15.7. The Morgan fingerprint density at radius 2 is 1.77 bits per heavy atom. The first-order chi connectivity index (χ1) is 12.5. The predicted molar refractivity (Wildman–Crippen MR) is 101 cm³/mol. The van der Waals surface area contributed by atoms with Crippen molar-refractivity contribution in [3.05, 3.63) is 64.7 Å². The van der Waals surface area contributed by atoms with Crippen LogP contribution in [0.5, 0.6) is 0 Å². The van der Waals surface area contributed by atoms with E-state index in [0.29, 0.717) is 22.0 Å². The fourth-order valence-corrected chi connectivity index (χ4v) is 2.97. The monoisotopic (exact) mass is 391 g/mol. The Balaban J connectivity index is 1.85. The van der Waals surface area contributed by atoms with Crippen LogP contribution >= 0.6 is 23.4 Å². The number of Topliss-reactive ketones (excluding diaryl/α,β-unsaturated/α-hetero) is 1. The van der Waals surface area contributed by atoms with Crippen molar-refractivity contribution in [3.8, 4) is 0 Å². The van der Waals surface area contributed by atoms with Gasteiger partial charge in [0, 0.05) is 16.5 Å². The second-order valence-electron chi connectivity index (χ2n) is 5.47. The Hall–Kier alpha value is -2.31. The summed E-state index contributed by atoms with van der Waals surface area (Å²) in [5.74, 6) is -0.716. The molecule has 0 aromatic heterocycles. The molecular formula is C19H18ClNO4S. The van der Waals surface area contributed by atoms with Gasteiger partial charge in [-0.15, -0.1) is 11.8 Å². The van der Waals surface area contributed by atoms with Crippen molar-refractivity contribution in [2.75, 3.05) is 12.4 Å². The van der Waals surface area contributed by atoms with Gasteiger partial charge in [-0.1, -0.05) is 35.9 Å². The molecule has 0 aliphatic carbocycles.